The van der Waals surface area contributed by atoms with Crippen LogP contribution in [0.4, 0.5) is 13.2 Å². The van der Waals surface area contributed by atoms with Crippen LogP contribution in [0.3, 0.4) is 0 Å². The highest BCUT2D eigenvalue weighted by molar-refractivity contribution is 7.89. The van der Waals surface area contributed by atoms with Crippen molar-refractivity contribution in [3.8, 4) is 0 Å². The van der Waals surface area contributed by atoms with Gasteiger partial charge in [-0.25, -0.2) is 13.1 Å². The molecule has 0 saturated heterocycles. The normalized spacial score (nSPS) is 13.9. The molecule has 118 valence electrons. The van der Waals surface area contributed by atoms with E-state index >= 15 is 0 Å². The van der Waals surface area contributed by atoms with Gasteiger partial charge in [-0.15, -0.1) is 0 Å². The molecule has 0 spiro atoms. The summed E-state index contributed by atoms with van der Waals surface area (Å²) < 4.78 is 64.3. The lowest BCUT2D eigenvalue weighted by atomic mass is 10.2. The number of carboxylic acid groups (broad SMARTS) is 1. The first-order chi connectivity index (χ1) is 9.58. The first-order valence-electron chi connectivity index (χ1n) is 5.83. The van der Waals surface area contributed by atoms with Crippen molar-refractivity contribution in [2.75, 3.05) is 0 Å². The summed E-state index contributed by atoms with van der Waals surface area (Å²) in [5, 5.41) is 8.64. The second-order valence-corrected chi connectivity index (χ2v) is 5.88. The largest absolute Gasteiger partial charge is 0.481 e. The van der Waals surface area contributed by atoms with Crippen LogP contribution in [0, 0.1) is 0 Å². The average molecular weight is 326 g/mol. The Labute approximate surface area is 119 Å². The maximum atomic E-state index is 12.8. The van der Waals surface area contributed by atoms with Crippen molar-refractivity contribution in [2.45, 2.75) is 36.9 Å². The zero-order valence-corrected chi connectivity index (χ0v) is 11.7. The molecule has 1 heterocycles. The van der Waals surface area contributed by atoms with Crippen molar-refractivity contribution in [3.05, 3.63) is 24.0 Å². The van der Waals surface area contributed by atoms with Crippen molar-refractivity contribution in [2.24, 2.45) is 0 Å². The Morgan fingerprint density at radius 3 is 2.57 bits per heavy atom. The van der Waals surface area contributed by atoms with Gasteiger partial charge < -0.3 is 5.11 Å². The molecule has 0 aliphatic rings. The third kappa shape index (κ3) is 4.67. The monoisotopic (exact) mass is 326 g/mol. The molecular formula is C11H13F3N2O4S. The number of nitrogens with zero attached hydrogens (tertiary/aromatic N) is 1. The maximum absolute atomic E-state index is 12.8. The average Bonchev–Trinajstić information content (AvgIpc) is 2.36. The number of rotatable bonds is 6. The van der Waals surface area contributed by atoms with Crippen LogP contribution in [0.2, 0.25) is 0 Å². The zero-order valence-electron chi connectivity index (χ0n) is 10.9. The van der Waals surface area contributed by atoms with E-state index in [1.807, 2.05) is 4.72 Å². The lowest BCUT2D eigenvalue weighted by Crippen LogP contribution is -2.37. The van der Waals surface area contributed by atoms with Crippen molar-refractivity contribution < 1.29 is 31.5 Å². The highest BCUT2D eigenvalue weighted by Gasteiger charge is 2.37. The molecule has 0 aromatic carbocycles. The van der Waals surface area contributed by atoms with E-state index in [0.717, 1.165) is 6.20 Å². The number of pyridine rings is 1. The molecule has 6 nitrogen and oxygen atoms in total. The second kappa shape index (κ2) is 6.39. The molecule has 1 aromatic heterocycles. The summed E-state index contributed by atoms with van der Waals surface area (Å²) in [7, 11) is -4.53. The van der Waals surface area contributed by atoms with Crippen LogP contribution in [0.25, 0.3) is 0 Å². The van der Waals surface area contributed by atoms with Crippen LogP contribution in [0.15, 0.2) is 23.4 Å². The summed E-state index contributed by atoms with van der Waals surface area (Å²) in [6, 6.07) is -0.457. The highest BCUT2D eigenvalue weighted by atomic mass is 32.2. The fourth-order valence-electron chi connectivity index (χ4n) is 1.59. The maximum Gasteiger partial charge on any atom is 0.417 e. The lowest BCUT2D eigenvalue weighted by Gasteiger charge is -2.17. The predicted octanol–water partition coefficient (Wildman–Crippen LogP) is 1.63. The zero-order chi connectivity index (χ0) is 16.3. The fourth-order valence-corrected chi connectivity index (χ4v) is 3.08. The number of aliphatic carboxylic acids is 1. The SMILES string of the molecule is CC[C@@H](CC(=O)O)NS(=O)(=O)c1cnccc1C(F)(F)F. The Balaban J connectivity index is 3.17. The number of carboxylic acids is 1. The van der Waals surface area contributed by atoms with Crippen molar-refractivity contribution in [1.82, 2.24) is 9.71 Å². The number of alkyl halides is 3. The van der Waals surface area contributed by atoms with Crippen LogP contribution in [0.5, 0.6) is 0 Å². The molecule has 0 amide bonds. The van der Waals surface area contributed by atoms with Gasteiger partial charge in [-0.2, -0.15) is 13.2 Å². The number of hydrogen-bond acceptors (Lipinski definition) is 4. The van der Waals surface area contributed by atoms with Crippen LogP contribution in [-0.4, -0.2) is 30.5 Å². The molecule has 2 N–H and O–H groups in total. The Hall–Kier alpha value is -1.68. The van der Waals surface area contributed by atoms with Gasteiger partial charge in [0.15, 0.2) is 0 Å². The molecule has 0 radical (unpaired) electrons. The van der Waals surface area contributed by atoms with E-state index in [1.54, 1.807) is 0 Å². The van der Waals surface area contributed by atoms with Crippen molar-refractivity contribution in [3.63, 3.8) is 0 Å². The van der Waals surface area contributed by atoms with Crippen LogP contribution < -0.4 is 4.72 Å². The van der Waals surface area contributed by atoms with E-state index in [2.05, 4.69) is 4.98 Å². The van der Waals surface area contributed by atoms with Gasteiger partial charge in [0.1, 0.15) is 4.90 Å². The Morgan fingerprint density at radius 1 is 1.48 bits per heavy atom. The van der Waals surface area contributed by atoms with Gasteiger partial charge in [0, 0.05) is 18.4 Å². The molecule has 0 bridgehead atoms. The van der Waals surface area contributed by atoms with Gasteiger partial charge in [-0.3, -0.25) is 9.78 Å². The van der Waals surface area contributed by atoms with Gasteiger partial charge in [0.25, 0.3) is 0 Å². The first-order valence-corrected chi connectivity index (χ1v) is 7.31. The third-order valence-electron chi connectivity index (χ3n) is 2.62. The molecule has 0 aliphatic carbocycles. The summed E-state index contributed by atoms with van der Waals surface area (Å²) in [5.74, 6) is -1.26. The standard InChI is InChI=1S/C11H13F3N2O4S/c1-2-7(5-10(17)18)16-21(19,20)9-6-15-4-3-8(9)11(12,13)14/h3-4,6-7,16H,2,5H2,1H3,(H,17,18)/t7-/m0/s1. The molecular weight excluding hydrogens is 313 g/mol. The quantitative estimate of drug-likeness (QED) is 0.828. The Morgan fingerprint density at radius 2 is 2.10 bits per heavy atom. The smallest absolute Gasteiger partial charge is 0.417 e. The molecule has 21 heavy (non-hydrogen) atoms. The molecule has 0 aliphatic heterocycles. The number of nitrogens with one attached hydrogen (secondary N) is 1. The Kier molecular flexibility index (Phi) is 5.29. The van der Waals surface area contributed by atoms with E-state index in [-0.39, 0.29) is 6.42 Å². The van der Waals surface area contributed by atoms with Gasteiger partial charge in [-0.1, -0.05) is 6.92 Å². The van der Waals surface area contributed by atoms with E-state index in [1.165, 1.54) is 6.92 Å². The summed E-state index contributed by atoms with van der Waals surface area (Å²) in [6.45, 7) is 1.52. The lowest BCUT2D eigenvalue weighted by molar-refractivity contribution is -0.140. The van der Waals surface area contributed by atoms with Gasteiger partial charge >= 0.3 is 12.1 Å². The number of sulfonamides is 1. The van der Waals surface area contributed by atoms with Crippen LogP contribution in [0.1, 0.15) is 25.3 Å². The van der Waals surface area contributed by atoms with Crippen molar-refractivity contribution >= 4 is 16.0 Å². The van der Waals surface area contributed by atoms with E-state index in [0.29, 0.717) is 12.3 Å². The summed E-state index contributed by atoms with van der Waals surface area (Å²) >= 11 is 0. The molecule has 0 unspecified atom stereocenters. The summed E-state index contributed by atoms with van der Waals surface area (Å²) in [4.78, 5) is 12.9. The first kappa shape index (κ1) is 17.4. The minimum atomic E-state index is -4.86. The van der Waals surface area contributed by atoms with Crippen LogP contribution >= 0.6 is 0 Å². The number of carbonyl (C=O) groups is 1. The predicted molar refractivity (Wildman–Crippen MR) is 65.9 cm³/mol. The molecule has 1 atom stereocenters. The molecule has 1 aromatic rings. The highest BCUT2D eigenvalue weighted by Crippen LogP contribution is 2.33. The second-order valence-electron chi connectivity index (χ2n) is 4.19. The van der Waals surface area contributed by atoms with Gasteiger partial charge in [0.2, 0.25) is 10.0 Å². The molecule has 10 heteroatoms. The summed E-state index contributed by atoms with van der Waals surface area (Å²) in [6.07, 6.45) is -3.86. The van der Waals surface area contributed by atoms with Gasteiger partial charge in [-0.05, 0) is 12.5 Å². The van der Waals surface area contributed by atoms with E-state index in [9.17, 15) is 26.4 Å². The van der Waals surface area contributed by atoms with Crippen LogP contribution in [-0.2, 0) is 21.0 Å². The third-order valence-corrected chi connectivity index (χ3v) is 4.16. The molecule has 0 saturated carbocycles. The molecule has 1 rings (SSSR count). The van der Waals surface area contributed by atoms with E-state index < -0.39 is 45.1 Å². The van der Waals surface area contributed by atoms with Crippen molar-refractivity contribution in [1.29, 1.82) is 0 Å². The fraction of sp³-hybridized carbons (Fsp3) is 0.455. The van der Waals surface area contributed by atoms with E-state index in [4.69, 9.17) is 5.11 Å². The minimum absolute atomic E-state index is 0.118. The number of halogens is 3. The number of hydrogen-bond donors (Lipinski definition) is 2. The Bertz CT molecular complexity index is 616. The summed E-state index contributed by atoms with van der Waals surface area (Å²) in [5.41, 5.74) is -1.35. The van der Waals surface area contributed by atoms with Gasteiger partial charge in [0.05, 0.1) is 12.0 Å². The molecule has 0 fully saturated rings. The topological polar surface area (TPSA) is 96.4 Å². The minimum Gasteiger partial charge on any atom is -0.481 e. The number of aromatic nitrogens is 1.